The highest BCUT2D eigenvalue weighted by molar-refractivity contribution is 5.32. The smallest absolute Gasteiger partial charge is 0.103 e. The van der Waals surface area contributed by atoms with Gasteiger partial charge in [-0.05, 0) is 37.7 Å². The average Bonchev–Trinajstić information content (AvgIpc) is 2.71. The molecular weight excluding hydrogens is 196 g/mol. The lowest BCUT2D eigenvalue weighted by atomic mass is 10.0. The third-order valence-corrected chi connectivity index (χ3v) is 3.90. The summed E-state index contributed by atoms with van der Waals surface area (Å²) in [6.07, 6.45) is 7.45. The molecule has 0 aromatic rings. The SMILES string of the molecule is C=C1NC(=C)N(C2CCC(CC)C2)C=C1C. The zero-order valence-corrected chi connectivity index (χ0v) is 10.4. The number of hydrogen-bond donors (Lipinski definition) is 1. The van der Waals surface area contributed by atoms with Crippen LogP contribution in [-0.2, 0) is 0 Å². The lowest BCUT2D eigenvalue weighted by Crippen LogP contribution is -2.37. The van der Waals surface area contributed by atoms with Crippen LogP contribution in [0.5, 0.6) is 0 Å². The van der Waals surface area contributed by atoms with Crippen LogP contribution in [0.25, 0.3) is 0 Å². The minimum atomic E-state index is 0.632. The summed E-state index contributed by atoms with van der Waals surface area (Å²) in [5.41, 5.74) is 2.19. The Labute approximate surface area is 98.7 Å². The summed E-state index contributed by atoms with van der Waals surface area (Å²) in [5.74, 6) is 1.88. The maximum absolute atomic E-state index is 4.09. The fourth-order valence-electron chi connectivity index (χ4n) is 2.70. The van der Waals surface area contributed by atoms with Gasteiger partial charge in [0, 0.05) is 17.9 Å². The molecule has 2 unspecified atom stereocenters. The molecule has 2 heteroatoms. The summed E-state index contributed by atoms with van der Waals surface area (Å²) < 4.78 is 0. The quantitative estimate of drug-likeness (QED) is 0.764. The van der Waals surface area contributed by atoms with Crippen molar-refractivity contribution in [2.45, 2.75) is 45.6 Å². The fraction of sp³-hybridized carbons (Fsp3) is 0.571. The Hall–Kier alpha value is -1.18. The molecule has 0 radical (unpaired) electrons. The van der Waals surface area contributed by atoms with E-state index < -0.39 is 0 Å². The highest BCUT2D eigenvalue weighted by Crippen LogP contribution is 2.34. The van der Waals surface area contributed by atoms with Crippen molar-refractivity contribution in [3.05, 3.63) is 36.4 Å². The van der Waals surface area contributed by atoms with Crippen LogP contribution in [0.15, 0.2) is 36.4 Å². The molecule has 0 bridgehead atoms. The maximum Gasteiger partial charge on any atom is 0.103 e. The van der Waals surface area contributed by atoms with E-state index >= 15 is 0 Å². The topological polar surface area (TPSA) is 15.3 Å². The molecule has 0 saturated heterocycles. The fourth-order valence-corrected chi connectivity index (χ4v) is 2.70. The molecule has 2 atom stereocenters. The molecule has 2 nitrogen and oxygen atoms in total. The molecule has 1 fully saturated rings. The molecule has 16 heavy (non-hydrogen) atoms. The molecule has 1 saturated carbocycles. The minimum Gasteiger partial charge on any atom is -0.342 e. The van der Waals surface area contributed by atoms with E-state index in [0.29, 0.717) is 6.04 Å². The van der Waals surface area contributed by atoms with Gasteiger partial charge < -0.3 is 10.2 Å². The van der Waals surface area contributed by atoms with Gasteiger partial charge in [0.1, 0.15) is 5.82 Å². The zero-order valence-electron chi connectivity index (χ0n) is 10.4. The maximum atomic E-state index is 4.09. The monoisotopic (exact) mass is 218 g/mol. The van der Waals surface area contributed by atoms with Crippen LogP contribution in [0.2, 0.25) is 0 Å². The standard InChI is InChI=1S/C14H22N2/c1-5-13-6-7-14(8-13)16-9-10(2)11(3)15-12(16)4/h9,13-15H,3-8H2,1-2H3. The van der Waals surface area contributed by atoms with Crippen molar-refractivity contribution in [2.24, 2.45) is 5.92 Å². The van der Waals surface area contributed by atoms with Crippen LogP contribution in [-0.4, -0.2) is 10.9 Å². The van der Waals surface area contributed by atoms with E-state index in [1.54, 1.807) is 0 Å². The van der Waals surface area contributed by atoms with Crippen molar-refractivity contribution < 1.29 is 0 Å². The first-order chi connectivity index (χ1) is 7.61. The van der Waals surface area contributed by atoms with Crippen molar-refractivity contribution in [2.75, 3.05) is 0 Å². The highest BCUT2D eigenvalue weighted by Gasteiger charge is 2.29. The van der Waals surface area contributed by atoms with Crippen LogP contribution in [0.3, 0.4) is 0 Å². The predicted molar refractivity (Wildman–Crippen MR) is 68.4 cm³/mol. The number of rotatable bonds is 2. The van der Waals surface area contributed by atoms with E-state index in [1.165, 1.54) is 31.3 Å². The molecule has 2 aliphatic rings. The van der Waals surface area contributed by atoms with E-state index in [2.05, 4.69) is 43.4 Å². The molecule has 1 heterocycles. The number of nitrogens with zero attached hydrogens (tertiary/aromatic N) is 1. The van der Waals surface area contributed by atoms with Crippen molar-refractivity contribution in [1.29, 1.82) is 0 Å². The van der Waals surface area contributed by atoms with Crippen molar-refractivity contribution in [3.8, 4) is 0 Å². The molecule has 0 spiro atoms. The first-order valence-corrected chi connectivity index (χ1v) is 6.23. The molecular formula is C14H22N2. The zero-order chi connectivity index (χ0) is 11.7. The van der Waals surface area contributed by atoms with E-state index in [-0.39, 0.29) is 0 Å². The van der Waals surface area contributed by atoms with Crippen LogP contribution in [0.4, 0.5) is 0 Å². The summed E-state index contributed by atoms with van der Waals surface area (Å²) in [6.45, 7) is 12.4. The normalized spacial score (nSPS) is 30.4. The Morgan fingerprint density at radius 2 is 2.19 bits per heavy atom. The van der Waals surface area contributed by atoms with Crippen LogP contribution >= 0.6 is 0 Å². The summed E-state index contributed by atoms with van der Waals surface area (Å²) in [6, 6.07) is 0.632. The first kappa shape index (κ1) is 11.3. The largest absolute Gasteiger partial charge is 0.342 e. The van der Waals surface area contributed by atoms with Crippen LogP contribution in [0.1, 0.15) is 39.5 Å². The van der Waals surface area contributed by atoms with E-state index in [1.807, 2.05) is 0 Å². The summed E-state index contributed by atoms with van der Waals surface area (Å²) in [5, 5.41) is 3.26. The minimum absolute atomic E-state index is 0.632. The third kappa shape index (κ3) is 2.01. The number of allylic oxidation sites excluding steroid dienone is 1. The molecule has 0 aromatic carbocycles. The summed E-state index contributed by atoms with van der Waals surface area (Å²) in [7, 11) is 0. The number of hydrogen-bond acceptors (Lipinski definition) is 2. The molecule has 1 aliphatic carbocycles. The lowest BCUT2D eigenvalue weighted by Gasteiger charge is -2.35. The van der Waals surface area contributed by atoms with Gasteiger partial charge in [-0.1, -0.05) is 26.5 Å². The van der Waals surface area contributed by atoms with Gasteiger partial charge in [-0.15, -0.1) is 0 Å². The molecule has 88 valence electrons. The molecule has 2 rings (SSSR count). The average molecular weight is 218 g/mol. The van der Waals surface area contributed by atoms with Gasteiger partial charge in [0.15, 0.2) is 0 Å². The molecule has 1 N–H and O–H groups in total. The summed E-state index contributed by atoms with van der Waals surface area (Å²) >= 11 is 0. The lowest BCUT2D eigenvalue weighted by molar-refractivity contribution is 0.309. The van der Waals surface area contributed by atoms with Gasteiger partial charge in [-0.2, -0.15) is 0 Å². The van der Waals surface area contributed by atoms with Gasteiger partial charge in [0.05, 0.1) is 0 Å². The Bertz CT molecular complexity index is 341. The Kier molecular flexibility index (Phi) is 3.08. The van der Waals surface area contributed by atoms with E-state index in [4.69, 9.17) is 0 Å². The predicted octanol–water partition coefficient (Wildman–Crippen LogP) is 3.36. The van der Waals surface area contributed by atoms with Crippen LogP contribution < -0.4 is 5.32 Å². The van der Waals surface area contributed by atoms with Gasteiger partial charge >= 0.3 is 0 Å². The highest BCUT2D eigenvalue weighted by atomic mass is 15.3. The van der Waals surface area contributed by atoms with E-state index in [0.717, 1.165) is 17.4 Å². The van der Waals surface area contributed by atoms with Gasteiger partial charge in [-0.3, -0.25) is 0 Å². The van der Waals surface area contributed by atoms with Gasteiger partial charge in [0.25, 0.3) is 0 Å². The second-order valence-electron chi connectivity index (χ2n) is 5.01. The summed E-state index contributed by atoms with van der Waals surface area (Å²) in [4.78, 5) is 2.31. The van der Waals surface area contributed by atoms with Crippen molar-refractivity contribution in [3.63, 3.8) is 0 Å². The Morgan fingerprint density at radius 3 is 2.81 bits per heavy atom. The second-order valence-corrected chi connectivity index (χ2v) is 5.01. The Morgan fingerprint density at radius 1 is 1.44 bits per heavy atom. The number of nitrogens with one attached hydrogen (secondary N) is 1. The van der Waals surface area contributed by atoms with Crippen molar-refractivity contribution in [1.82, 2.24) is 10.2 Å². The second kappa shape index (κ2) is 4.36. The molecule has 1 aliphatic heterocycles. The molecule has 0 aromatic heterocycles. The van der Waals surface area contributed by atoms with E-state index in [9.17, 15) is 0 Å². The first-order valence-electron chi connectivity index (χ1n) is 6.23. The molecule has 0 amide bonds. The van der Waals surface area contributed by atoms with Gasteiger partial charge in [-0.25, -0.2) is 0 Å². The van der Waals surface area contributed by atoms with Crippen molar-refractivity contribution >= 4 is 0 Å². The van der Waals surface area contributed by atoms with Crippen LogP contribution in [0, 0.1) is 5.92 Å². The third-order valence-electron chi connectivity index (χ3n) is 3.90. The van der Waals surface area contributed by atoms with Gasteiger partial charge in [0.2, 0.25) is 0 Å². The Balaban J connectivity index is 2.10.